The van der Waals surface area contributed by atoms with Gasteiger partial charge >= 0.3 is 0 Å². The lowest BCUT2D eigenvalue weighted by molar-refractivity contribution is -0.0954. The summed E-state index contributed by atoms with van der Waals surface area (Å²) in [5.74, 6) is -0.208. The Kier molecular flexibility index (Phi) is 7.53. The molecule has 5 nitrogen and oxygen atoms in total. The smallest absolute Gasteiger partial charge is 0.252 e. The highest BCUT2D eigenvalue weighted by Crippen LogP contribution is 2.19. The number of halogens is 1. The van der Waals surface area contributed by atoms with E-state index in [1.54, 1.807) is 18.3 Å². The van der Waals surface area contributed by atoms with Crippen molar-refractivity contribution in [3.05, 3.63) is 78.1 Å². The number of ether oxygens (including phenoxy) is 1. The molecule has 0 radical (unpaired) electrons. The number of nitrogens with zero attached hydrogens (tertiary/aromatic N) is 1. The molecule has 0 aliphatic heterocycles. The van der Waals surface area contributed by atoms with Crippen molar-refractivity contribution in [1.82, 2.24) is 10.3 Å². The Morgan fingerprint density at radius 1 is 1.12 bits per heavy atom. The van der Waals surface area contributed by atoms with Gasteiger partial charge in [-0.3, -0.25) is 9.78 Å². The molecule has 6 heteroatoms. The third-order valence-corrected chi connectivity index (χ3v) is 3.90. The SMILES string of the molecule is Cl.O=C(NCCOC(O)Cc1cccc2ccccc12)c1cccnc1. The van der Waals surface area contributed by atoms with E-state index in [1.807, 2.05) is 42.5 Å². The number of hydrogen-bond donors (Lipinski definition) is 2. The van der Waals surface area contributed by atoms with Crippen LogP contribution in [0, 0.1) is 0 Å². The van der Waals surface area contributed by atoms with Crippen molar-refractivity contribution in [1.29, 1.82) is 0 Å². The molecule has 2 aromatic carbocycles. The largest absolute Gasteiger partial charge is 0.368 e. The van der Waals surface area contributed by atoms with Crippen molar-refractivity contribution in [2.45, 2.75) is 12.7 Å². The fourth-order valence-corrected chi connectivity index (χ4v) is 2.68. The van der Waals surface area contributed by atoms with Crippen molar-refractivity contribution < 1.29 is 14.6 Å². The summed E-state index contributed by atoms with van der Waals surface area (Å²) in [4.78, 5) is 15.8. The van der Waals surface area contributed by atoms with Crippen LogP contribution < -0.4 is 5.32 Å². The van der Waals surface area contributed by atoms with Crippen LogP contribution in [0.3, 0.4) is 0 Å². The number of amides is 1. The number of benzene rings is 2. The Labute approximate surface area is 158 Å². The number of carbonyl (C=O) groups is 1. The number of pyridine rings is 1. The fourth-order valence-electron chi connectivity index (χ4n) is 2.68. The zero-order chi connectivity index (χ0) is 17.5. The van der Waals surface area contributed by atoms with E-state index in [1.165, 1.54) is 6.20 Å². The molecule has 0 saturated carbocycles. The minimum atomic E-state index is -0.916. The standard InChI is InChI=1S/C20H20N2O3.ClH/c23-19(13-16-7-3-6-15-5-1-2-9-18(15)16)25-12-11-22-20(24)17-8-4-10-21-14-17;/h1-10,14,19,23H,11-13H2,(H,22,24);1H. The molecule has 26 heavy (non-hydrogen) atoms. The van der Waals surface area contributed by atoms with Crippen LogP contribution in [0.5, 0.6) is 0 Å². The van der Waals surface area contributed by atoms with Crippen molar-refractivity contribution >= 4 is 29.1 Å². The summed E-state index contributed by atoms with van der Waals surface area (Å²) in [5, 5.41) is 15.1. The van der Waals surface area contributed by atoms with Crippen LogP contribution in [0.15, 0.2) is 67.0 Å². The number of aliphatic hydroxyl groups excluding tert-OH is 1. The number of hydrogen-bond acceptors (Lipinski definition) is 4. The van der Waals surface area contributed by atoms with Gasteiger partial charge < -0.3 is 15.2 Å². The van der Waals surface area contributed by atoms with Gasteiger partial charge in [-0.25, -0.2) is 0 Å². The van der Waals surface area contributed by atoms with E-state index in [0.29, 0.717) is 18.5 Å². The Morgan fingerprint density at radius 2 is 1.92 bits per heavy atom. The number of aromatic nitrogens is 1. The fraction of sp³-hybridized carbons (Fsp3) is 0.200. The van der Waals surface area contributed by atoms with Gasteiger partial charge in [0.25, 0.3) is 5.91 Å². The minimum Gasteiger partial charge on any atom is -0.368 e. The van der Waals surface area contributed by atoms with Crippen LogP contribution in [0.2, 0.25) is 0 Å². The zero-order valence-corrected chi connectivity index (χ0v) is 15.0. The first-order valence-corrected chi connectivity index (χ1v) is 8.18. The summed E-state index contributed by atoms with van der Waals surface area (Å²) in [6.45, 7) is 0.554. The van der Waals surface area contributed by atoms with E-state index >= 15 is 0 Å². The van der Waals surface area contributed by atoms with Gasteiger partial charge in [0.2, 0.25) is 0 Å². The molecule has 136 valence electrons. The molecule has 0 aliphatic rings. The first-order valence-electron chi connectivity index (χ1n) is 8.18. The van der Waals surface area contributed by atoms with Crippen LogP contribution in [0.4, 0.5) is 0 Å². The van der Waals surface area contributed by atoms with Gasteiger partial charge in [-0.15, -0.1) is 12.4 Å². The third kappa shape index (κ3) is 5.26. The molecule has 0 aliphatic carbocycles. The molecule has 1 heterocycles. The first-order chi connectivity index (χ1) is 12.2. The summed E-state index contributed by atoms with van der Waals surface area (Å²) >= 11 is 0. The maximum Gasteiger partial charge on any atom is 0.252 e. The van der Waals surface area contributed by atoms with Crippen LogP contribution in [-0.2, 0) is 11.2 Å². The molecule has 0 saturated heterocycles. The van der Waals surface area contributed by atoms with Gasteiger partial charge in [0.05, 0.1) is 12.2 Å². The van der Waals surface area contributed by atoms with Crippen molar-refractivity contribution in [3.8, 4) is 0 Å². The highest BCUT2D eigenvalue weighted by Gasteiger charge is 2.09. The van der Waals surface area contributed by atoms with Crippen molar-refractivity contribution in [2.24, 2.45) is 0 Å². The first kappa shape index (κ1) is 19.8. The average Bonchev–Trinajstić information content (AvgIpc) is 2.66. The number of aliphatic hydroxyl groups is 1. The summed E-state index contributed by atoms with van der Waals surface area (Å²) in [7, 11) is 0. The summed E-state index contributed by atoms with van der Waals surface area (Å²) in [6, 6.07) is 17.4. The summed E-state index contributed by atoms with van der Waals surface area (Å²) in [5.41, 5.74) is 1.53. The van der Waals surface area contributed by atoms with Gasteiger partial charge in [0.1, 0.15) is 0 Å². The second-order valence-corrected chi connectivity index (χ2v) is 5.67. The van der Waals surface area contributed by atoms with Gasteiger partial charge in [-0.1, -0.05) is 42.5 Å². The van der Waals surface area contributed by atoms with E-state index in [-0.39, 0.29) is 24.9 Å². The van der Waals surface area contributed by atoms with Crippen molar-refractivity contribution in [2.75, 3.05) is 13.2 Å². The molecule has 1 aromatic heterocycles. The lowest BCUT2D eigenvalue weighted by atomic mass is 10.0. The molecule has 1 atom stereocenters. The molecular formula is C20H21ClN2O3. The lowest BCUT2D eigenvalue weighted by Gasteiger charge is -2.14. The maximum atomic E-state index is 11.9. The van der Waals surface area contributed by atoms with Gasteiger partial charge in [0.15, 0.2) is 6.29 Å². The lowest BCUT2D eigenvalue weighted by Crippen LogP contribution is -2.29. The van der Waals surface area contributed by atoms with Crippen molar-refractivity contribution in [3.63, 3.8) is 0 Å². The van der Waals surface area contributed by atoms with Gasteiger partial charge in [0, 0.05) is 25.4 Å². The molecule has 2 N–H and O–H groups in total. The molecular weight excluding hydrogens is 352 g/mol. The second kappa shape index (κ2) is 9.87. The minimum absolute atomic E-state index is 0. The molecule has 0 spiro atoms. The molecule has 3 aromatic rings. The van der Waals surface area contributed by atoms with E-state index in [9.17, 15) is 9.90 Å². The van der Waals surface area contributed by atoms with E-state index in [4.69, 9.17) is 4.74 Å². The van der Waals surface area contributed by atoms with Crippen LogP contribution >= 0.6 is 12.4 Å². The van der Waals surface area contributed by atoms with E-state index in [2.05, 4.69) is 10.3 Å². The molecule has 0 fully saturated rings. The summed E-state index contributed by atoms with van der Waals surface area (Å²) in [6.07, 6.45) is 2.61. The second-order valence-electron chi connectivity index (χ2n) is 5.67. The predicted octanol–water partition coefficient (Wildman–Crippen LogP) is 2.96. The molecule has 0 bridgehead atoms. The number of carbonyl (C=O) groups excluding carboxylic acids is 1. The molecule has 1 amide bonds. The van der Waals surface area contributed by atoms with Crippen LogP contribution in [0.1, 0.15) is 15.9 Å². The maximum absolute atomic E-state index is 11.9. The normalized spacial score (nSPS) is 11.6. The number of fused-ring (bicyclic) bond motifs is 1. The monoisotopic (exact) mass is 372 g/mol. The average molecular weight is 373 g/mol. The van der Waals surface area contributed by atoms with Gasteiger partial charge in [-0.2, -0.15) is 0 Å². The highest BCUT2D eigenvalue weighted by atomic mass is 35.5. The predicted molar refractivity (Wildman–Crippen MR) is 103 cm³/mol. The summed E-state index contributed by atoms with van der Waals surface area (Å²) < 4.78 is 5.41. The van der Waals surface area contributed by atoms with Crippen LogP contribution in [0.25, 0.3) is 10.8 Å². The highest BCUT2D eigenvalue weighted by molar-refractivity contribution is 5.93. The Bertz CT molecular complexity index is 837. The quantitative estimate of drug-likeness (QED) is 0.494. The molecule has 3 rings (SSSR count). The topological polar surface area (TPSA) is 71.5 Å². The Balaban J connectivity index is 0.00000243. The third-order valence-electron chi connectivity index (χ3n) is 3.90. The van der Waals surface area contributed by atoms with Crippen LogP contribution in [-0.4, -0.2) is 35.4 Å². The Hall–Kier alpha value is -2.47. The number of rotatable bonds is 7. The van der Waals surface area contributed by atoms with E-state index < -0.39 is 6.29 Å². The Morgan fingerprint density at radius 3 is 2.73 bits per heavy atom. The molecule has 1 unspecified atom stereocenters. The van der Waals surface area contributed by atoms with E-state index in [0.717, 1.165) is 16.3 Å². The van der Waals surface area contributed by atoms with Gasteiger partial charge in [-0.05, 0) is 28.5 Å². The zero-order valence-electron chi connectivity index (χ0n) is 14.2. The number of nitrogens with one attached hydrogen (secondary N) is 1.